The average Bonchev–Trinajstić information content (AvgIpc) is 3.13. The molecular formula is C21H27NO3. The summed E-state index contributed by atoms with van der Waals surface area (Å²) in [6.45, 7) is 7.03. The van der Waals surface area contributed by atoms with Gasteiger partial charge in [-0.05, 0) is 62.1 Å². The van der Waals surface area contributed by atoms with Crippen LogP contribution in [0.1, 0.15) is 24.0 Å². The normalized spacial score (nSPS) is 16.6. The van der Waals surface area contributed by atoms with Crippen molar-refractivity contribution in [2.75, 3.05) is 31.7 Å². The maximum atomic E-state index is 5.91. The molecule has 134 valence electrons. The monoisotopic (exact) mass is 341 g/mol. The van der Waals surface area contributed by atoms with Crippen LogP contribution in [0.3, 0.4) is 0 Å². The van der Waals surface area contributed by atoms with Gasteiger partial charge in [-0.3, -0.25) is 0 Å². The van der Waals surface area contributed by atoms with Gasteiger partial charge in [0.1, 0.15) is 24.7 Å². The van der Waals surface area contributed by atoms with Crippen LogP contribution >= 0.6 is 0 Å². The minimum absolute atomic E-state index is 0.250. The Labute approximate surface area is 150 Å². The second-order valence-corrected chi connectivity index (χ2v) is 6.47. The van der Waals surface area contributed by atoms with E-state index in [4.69, 9.17) is 14.2 Å². The molecule has 25 heavy (non-hydrogen) atoms. The van der Waals surface area contributed by atoms with Crippen LogP contribution in [0.15, 0.2) is 42.5 Å². The summed E-state index contributed by atoms with van der Waals surface area (Å²) in [5, 5.41) is 3.37. The summed E-state index contributed by atoms with van der Waals surface area (Å²) in [5.74, 6) is 1.87. The summed E-state index contributed by atoms with van der Waals surface area (Å²) in [7, 11) is 0. The summed E-state index contributed by atoms with van der Waals surface area (Å²) in [4.78, 5) is 0. The quantitative estimate of drug-likeness (QED) is 0.725. The number of hydrogen-bond acceptors (Lipinski definition) is 4. The third kappa shape index (κ3) is 5.13. The number of ether oxygens (including phenoxy) is 3. The maximum absolute atomic E-state index is 5.91. The minimum atomic E-state index is 0.250. The van der Waals surface area contributed by atoms with E-state index in [2.05, 4.69) is 37.4 Å². The Morgan fingerprint density at radius 1 is 1.04 bits per heavy atom. The van der Waals surface area contributed by atoms with Gasteiger partial charge in [-0.2, -0.15) is 0 Å². The molecule has 0 aromatic heterocycles. The molecule has 1 saturated heterocycles. The average molecular weight is 341 g/mol. The maximum Gasteiger partial charge on any atom is 0.125 e. The second kappa shape index (κ2) is 8.77. The van der Waals surface area contributed by atoms with Crippen LogP contribution in [-0.4, -0.2) is 32.5 Å². The number of aryl methyl sites for hydroxylation is 2. The van der Waals surface area contributed by atoms with E-state index < -0.39 is 0 Å². The van der Waals surface area contributed by atoms with Crippen molar-refractivity contribution in [1.29, 1.82) is 0 Å². The molecule has 1 unspecified atom stereocenters. The standard InChI is InChI=1S/C21H27NO3/c1-16-5-3-6-17(2)21(16)24-14-12-22-18-8-10-19(11-9-18)25-15-20-7-4-13-23-20/h3,5-6,8-11,20,22H,4,7,12-15H2,1-2H3. The van der Waals surface area contributed by atoms with Gasteiger partial charge in [-0.25, -0.2) is 0 Å². The molecule has 2 aromatic rings. The zero-order valence-corrected chi connectivity index (χ0v) is 15.1. The highest BCUT2D eigenvalue weighted by atomic mass is 16.5. The van der Waals surface area contributed by atoms with Crippen LogP contribution in [0.2, 0.25) is 0 Å². The van der Waals surface area contributed by atoms with Gasteiger partial charge in [0.2, 0.25) is 0 Å². The Kier molecular flexibility index (Phi) is 6.18. The molecule has 1 fully saturated rings. The van der Waals surface area contributed by atoms with Crippen molar-refractivity contribution in [3.8, 4) is 11.5 Å². The third-order valence-corrected chi connectivity index (χ3v) is 4.40. The van der Waals surface area contributed by atoms with Gasteiger partial charge in [-0.15, -0.1) is 0 Å². The second-order valence-electron chi connectivity index (χ2n) is 6.47. The Balaban J connectivity index is 1.39. The summed E-state index contributed by atoms with van der Waals surface area (Å²) >= 11 is 0. The molecule has 0 aliphatic carbocycles. The smallest absolute Gasteiger partial charge is 0.125 e. The number of anilines is 1. The molecule has 1 aliphatic heterocycles. The molecule has 1 aliphatic rings. The predicted molar refractivity (Wildman–Crippen MR) is 101 cm³/mol. The van der Waals surface area contributed by atoms with Crippen LogP contribution in [0.5, 0.6) is 11.5 Å². The van der Waals surface area contributed by atoms with Crippen LogP contribution in [0, 0.1) is 13.8 Å². The van der Waals surface area contributed by atoms with Crippen molar-refractivity contribution in [2.24, 2.45) is 0 Å². The Bertz CT molecular complexity index is 643. The zero-order chi connectivity index (χ0) is 17.5. The van der Waals surface area contributed by atoms with Crippen molar-refractivity contribution in [2.45, 2.75) is 32.8 Å². The molecule has 0 amide bonds. The van der Waals surface area contributed by atoms with Gasteiger partial charge >= 0.3 is 0 Å². The Morgan fingerprint density at radius 2 is 1.80 bits per heavy atom. The van der Waals surface area contributed by atoms with Crippen LogP contribution in [-0.2, 0) is 4.74 Å². The molecule has 1 N–H and O–H groups in total. The fraction of sp³-hybridized carbons (Fsp3) is 0.429. The lowest BCUT2D eigenvalue weighted by Crippen LogP contribution is -2.16. The summed E-state index contributed by atoms with van der Waals surface area (Å²) in [6.07, 6.45) is 2.49. The third-order valence-electron chi connectivity index (χ3n) is 4.40. The molecule has 4 heteroatoms. The van der Waals surface area contributed by atoms with Gasteiger partial charge in [0.05, 0.1) is 6.10 Å². The first-order chi connectivity index (χ1) is 12.2. The van der Waals surface area contributed by atoms with Gasteiger partial charge in [-0.1, -0.05) is 18.2 Å². The van der Waals surface area contributed by atoms with Crippen molar-refractivity contribution < 1.29 is 14.2 Å². The number of nitrogens with one attached hydrogen (secondary N) is 1. The number of benzene rings is 2. The number of rotatable bonds is 8. The molecule has 0 spiro atoms. The number of hydrogen-bond donors (Lipinski definition) is 1. The van der Waals surface area contributed by atoms with Gasteiger partial charge in [0.25, 0.3) is 0 Å². The SMILES string of the molecule is Cc1cccc(C)c1OCCNc1ccc(OCC2CCCO2)cc1. The molecule has 4 nitrogen and oxygen atoms in total. The lowest BCUT2D eigenvalue weighted by molar-refractivity contribution is 0.0679. The van der Waals surface area contributed by atoms with Gasteiger partial charge < -0.3 is 19.5 Å². The molecule has 1 atom stereocenters. The van der Waals surface area contributed by atoms with E-state index in [1.54, 1.807) is 0 Å². The number of para-hydroxylation sites is 1. The zero-order valence-electron chi connectivity index (χ0n) is 15.1. The van der Waals surface area contributed by atoms with Crippen molar-refractivity contribution >= 4 is 5.69 Å². The van der Waals surface area contributed by atoms with Crippen LogP contribution in [0.25, 0.3) is 0 Å². The van der Waals surface area contributed by atoms with E-state index in [1.807, 2.05) is 24.3 Å². The summed E-state index contributed by atoms with van der Waals surface area (Å²) < 4.78 is 17.3. The van der Waals surface area contributed by atoms with E-state index in [1.165, 1.54) is 11.1 Å². The van der Waals surface area contributed by atoms with E-state index in [0.29, 0.717) is 13.2 Å². The van der Waals surface area contributed by atoms with E-state index in [-0.39, 0.29) is 6.10 Å². The molecule has 0 bridgehead atoms. The first-order valence-corrected chi connectivity index (χ1v) is 9.00. The van der Waals surface area contributed by atoms with Gasteiger partial charge in [0.15, 0.2) is 0 Å². The van der Waals surface area contributed by atoms with Crippen LogP contribution < -0.4 is 14.8 Å². The largest absolute Gasteiger partial charge is 0.491 e. The predicted octanol–water partition coefficient (Wildman–Crippen LogP) is 4.35. The first-order valence-electron chi connectivity index (χ1n) is 9.00. The van der Waals surface area contributed by atoms with E-state index >= 15 is 0 Å². The highest BCUT2D eigenvalue weighted by molar-refractivity contribution is 5.46. The van der Waals surface area contributed by atoms with Crippen molar-refractivity contribution in [3.63, 3.8) is 0 Å². The summed E-state index contributed by atoms with van der Waals surface area (Å²) in [6, 6.07) is 14.2. The fourth-order valence-corrected chi connectivity index (χ4v) is 3.01. The first kappa shape index (κ1) is 17.6. The molecule has 1 heterocycles. The molecular weight excluding hydrogens is 314 g/mol. The van der Waals surface area contributed by atoms with Crippen LogP contribution in [0.4, 0.5) is 5.69 Å². The van der Waals surface area contributed by atoms with E-state index in [9.17, 15) is 0 Å². The van der Waals surface area contributed by atoms with Crippen molar-refractivity contribution in [3.05, 3.63) is 53.6 Å². The topological polar surface area (TPSA) is 39.7 Å². The fourth-order valence-electron chi connectivity index (χ4n) is 3.01. The molecule has 0 radical (unpaired) electrons. The molecule has 2 aromatic carbocycles. The lowest BCUT2D eigenvalue weighted by atomic mass is 10.1. The highest BCUT2D eigenvalue weighted by Crippen LogP contribution is 2.22. The molecule has 3 rings (SSSR count). The van der Waals surface area contributed by atoms with Crippen molar-refractivity contribution in [1.82, 2.24) is 0 Å². The molecule has 0 saturated carbocycles. The van der Waals surface area contributed by atoms with Gasteiger partial charge in [0, 0.05) is 18.8 Å². The highest BCUT2D eigenvalue weighted by Gasteiger charge is 2.15. The Hall–Kier alpha value is -2.20. The minimum Gasteiger partial charge on any atom is -0.491 e. The summed E-state index contributed by atoms with van der Waals surface area (Å²) in [5.41, 5.74) is 3.41. The lowest BCUT2D eigenvalue weighted by Gasteiger charge is -2.14. The van der Waals surface area contributed by atoms with E-state index in [0.717, 1.165) is 43.2 Å². The Morgan fingerprint density at radius 3 is 2.48 bits per heavy atom.